The molecular weight excluding hydrogens is 252 g/mol. The van der Waals surface area contributed by atoms with Crippen LogP contribution in [0.4, 0.5) is 0 Å². The Hall–Kier alpha value is -1.20. The van der Waals surface area contributed by atoms with E-state index in [4.69, 9.17) is 11.6 Å². The molecule has 98 valence electrons. The molecular formula is C12H17ClN4O. The fraction of sp³-hybridized carbons (Fsp3) is 0.583. The summed E-state index contributed by atoms with van der Waals surface area (Å²) in [6, 6.07) is 3.65. The zero-order valence-corrected chi connectivity index (χ0v) is 11.2. The van der Waals surface area contributed by atoms with E-state index in [1.54, 1.807) is 13.0 Å². The Kier molecular flexibility index (Phi) is 4.49. The number of amides is 1. The van der Waals surface area contributed by atoms with Gasteiger partial charge in [-0.25, -0.2) is 0 Å². The molecule has 0 aromatic carbocycles. The second kappa shape index (κ2) is 6.11. The molecule has 0 bridgehead atoms. The molecule has 6 heteroatoms. The van der Waals surface area contributed by atoms with Gasteiger partial charge in [-0.2, -0.15) is 5.10 Å². The monoisotopic (exact) mass is 268 g/mol. The summed E-state index contributed by atoms with van der Waals surface area (Å²) in [5.74, 6) is 0.156. The number of hydrogen-bond donors (Lipinski definition) is 0. The van der Waals surface area contributed by atoms with Crippen molar-refractivity contribution in [2.24, 2.45) is 0 Å². The molecule has 1 saturated heterocycles. The number of carbonyl (C=O) groups excluding carboxylic acids is 1. The first-order valence-electron chi connectivity index (χ1n) is 6.11. The molecule has 1 aromatic heterocycles. The average molecular weight is 269 g/mol. The van der Waals surface area contributed by atoms with Crippen LogP contribution in [0, 0.1) is 0 Å². The van der Waals surface area contributed by atoms with Crippen LogP contribution in [0.2, 0.25) is 5.15 Å². The Labute approximate surface area is 112 Å². The molecule has 0 N–H and O–H groups in total. The number of nitrogens with zero attached hydrogens (tertiary/aromatic N) is 4. The Balaban J connectivity index is 1.90. The van der Waals surface area contributed by atoms with Gasteiger partial charge in [-0.15, -0.1) is 5.10 Å². The van der Waals surface area contributed by atoms with Crippen molar-refractivity contribution in [3.8, 4) is 0 Å². The predicted molar refractivity (Wildman–Crippen MR) is 69.2 cm³/mol. The molecule has 0 saturated carbocycles. The van der Waals surface area contributed by atoms with Crippen molar-refractivity contribution in [3.05, 3.63) is 23.0 Å². The Morgan fingerprint density at radius 3 is 2.78 bits per heavy atom. The highest BCUT2D eigenvalue weighted by atomic mass is 35.5. The van der Waals surface area contributed by atoms with Gasteiger partial charge in [-0.1, -0.05) is 11.6 Å². The van der Waals surface area contributed by atoms with E-state index in [1.807, 2.05) is 11.0 Å². The van der Waals surface area contributed by atoms with Crippen molar-refractivity contribution in [3.63, 3.8) is 0 Å². The summed E-state index contributed by atoms with van der Waals surface area (Å²) in [5.41, 5.74) is 0.913. The van der Waals surface area contributed by atoms with E-state index in [-0.39, 0.29) is 5.91 Å². The van der Waals surface area contributed by atoms with E-state index in [1.165, 1.54) is 0 Å². The summed E-state index contributed by atoms with van der Waals surface area (Å²) in [7, 11) is 0. The second-order valence-corrected chi connectivity index (χ2v) is 4.87. The van der Waals surface area contributed by atoms with Gasteiger partial charge < -0.3 is 4.90 Å². The number of hydrogen-bond acceptors (Lipinski definition) is 4. The van der Waals surface area contributed by atoms with Gasteiger partial charge in [-0.05, 0) is 18.6 Å². The highest BCUT2D eigenvalue weighted by molar-refractivity contribution is 6.29. The first-order chi connectivity index (χ1) is 8.65. The van der Waals surface area contributed by atoms with Gasteiger partial charge in [0.05, 0.1) is 5.69 Å². The molecule has 0 radical (unpaired) electrons. The molecule has 1 aliphatic rings. The fourth-order valence-corrected chi connectivity index (χ4v) is 2.20. The number of aromatic nitrogens is 2. The molecule has 0 unspecified atom stereocenters. The highest BCUT2D eigenvalue weighted by Crippen LogP contribution is 2.08. The minimum absolute atomic E-state index is 0.156. The molecule has 5 nitrogen and oxygen atoms in total. The van der Waals surface area contributed by atoms with E-state index in [2.05, 4.69) is 15.1 Å². The van der Waals surface area contributed by atoms with E-state index in [0.717, 1.165) is 44.8 Å². The van der Waals surface area contributed by atoms with Crippen molar-refractivity contribution >= 4 is 17.5 Å². The van der Waals surface area contributed by atoms with Crippen LogP contribution in [0.25, 0.3) is 0 Å². The molecule has 1 aliphatic heterocycles. The fourth-order valence-electron chi connectivity index (χ4n) is 2.10. The van der Waals surface area contributed by atoms with Crippen LogP contribution in [-0.2, 0) is 11.3 Å². The number of carbonyl (C=O) groups is 1. The smallest absolute Gasteiger partial charge is 0.219 e. The summed E-state index contributed by atoms with van der Waals surface area (Å²) < 4.78 is 0. The van der Waals surface area contributed by atoms with Gasteiger partial charge >= 0.3 is 0 Å². The van der Waals surface area contributed by atoms with E-state index in [0.29, 0.717) is 5.15 Å². The van der Waals surface area contributed by atoms with Crippen LogP contribution in [-0.4, -0.2) is 52.1 Å². The van der Waals surface area contributed by atoms with Gasteiger partial charge in [0.25, 0.3) is 0 Å². The molecule has 1 amide bonds. The van der Waals surface area contributed by atoms with E-state index in [9.17, 15) is 4.79 Å². The average Bonchev–Trinajstić information content (AvgIpc) is 2.58. The minimum atomic E-state index is 0.156. The molecule has 2 rings (SSSR count). The van der Waals surface area contributed by atoms with Crippen LogP contribution in [0.1, 0.15) is 19.0 Å². The third-order valence-corrected chi connectivity index (χ3v) is 3.31. The quantitative estimate of drug-likeness (QED) is 0.808. The Morgan fingerprint density at radius 1 is 1.28 bits per heavy atom. The number of rotatable bonds is 2. The molecule has 1 fully saturated rings. The topological polar surface area (TPSA) is 49.3 Å². The van der Waals surface area contributed by atoms with Crippen molar-refractivity contribution in [1.29, 1.82) is 0 Å². The maximum Gasteiger partial charge on any atom is 0.219 e. The third kappa shape index (κ3) is 3.65. The Bertz CT molecular complexity index is 409. The van der Waals surface area contributed by atoms with Gasteiger partial charge in [0, 0.05) is 39.6 Å². The summed E-state index contributed by atoms with van der Waals surface area (Å²) in [5, 5.41) is 8.30. The predicted octanol–water partition coefficient (Wildman–Crippen LogP) is 1.18. The first kappa shape index (κ1) is 13.2. The lowest BCUT2D eigenvalue weighted by Gasteiger charge is -2.20. The lowest BCUT2D eigenvalue weighted by atomic mass is 10.3. The van der Waals surface area contributed by atoms with Crippen LogP contribution >= 0.6 is 11.6 Å². The highest BCUT2D eigenvalue weighted by Gasteiger charge is 2.16. The van der Waals surface area contributed by atoms with Crippen molar-refractivity contribution in [1.82, 2.24) is 20.0 Å². The zero-order valence-electron chi connectivity index (χ0n) is 10.5. The molecule has 0 aliphatic carbocycles. The maximum atomic E-state index is 11.3. The first-order valence-corrected chi connectivity index (χ1v) is 6.49. The van der Waals surface area contributed by atoms with Crippen molar-refractivity contribution < 1.29 is 4.79 Å². The molecule has 0 atom stereocenters. The van der Waals surface area contributed by atoms with Gasteiger partial charge in [-0.3, -0.25) is 9.69 Å². The Morgan fingerprint density at radius 2 is 2.11 bits per heavy atom. The summed E-state index contributed by atoms with van der Waals surface area (Å²) >= 11 is 5.70. The number of halogens is 1. The summed E-state index contributed by atoms with van der Waals surface area (Å²) in [6.45, 7) is 5.88. The van der Waals surface area contributed by atoms with Gasteiger partial charge in [0.15, 0.2) is 5.15 Å². The lowest BCUT2D eigenvalue weighted by Crippen LogP contribution is -2.33. The van der Waals surface area contributed by atoms with Gasteiger partial charge in [0.2, 0.25) is 5.91 Å². The maximum absolute atomic E-state index is 11.3. The second-order valence-electron chi connectivity index (χ2n) is 4.48. The van der Waals surface area contributed by atoms with Crippen LogP contribution < -0.4 is 0 Å². The third-order valence-electron chi connectivity index (χ3n) is 3.11. The standard InChI is InChI=1S/C12H17ClN4O/c1-10(18)17-6-2-5-16(7-8-17)9-11-3-4-12(13)15-14-11/h3-4H,2,5-9H2,1H3. The van der Waals surface area contributed by atoms with Crippen LogP contribution in [0.15, 0.2) is 12.1 Å². The minimum Gasteiger partial charge on any atom is -0.342 e. The van der Waals surface area contributed by atoms with E-state index < -0.39 is 0 Å². The van der Waals surface area contributed by atoms with Crippen LogP contribution in [0.3, 0.4) is 0 Å². The molecule has 18 heavy (non-hydrogen) atoms. The summed E-state index contributed by atoms with van der Waals surface area (Å²) in [4.78, 5) is 15.5. The summed E-state index contributed by atoms with van der Waals surface area (Å²) in [6.07, 6.45) is 1.00. The molecule has 2 heterocycles. The largest absolute Gasteiger partial charge is 0.342 e. The normalized spacial score (nSPS) is 17.6. The van der Waals surface area contributed by atoms with Crippen LogP contribution in [0.5, 0.6) is 0 Å². The zero-order chi connectivity index (χ0) is 13.0. The van der Waals surface area contributed by atoms with Crippen molar-refractivity contribution in [2.45, 2.75) is 19.9 Å². The lowest BCUT2D eigenvalue weighted by molar-refractivity contribution is -0.128. The SMILES string of the molecule is CC(=O)N1CCCN(Cc2ccc(Cl)nn2)CC1. The van der Waals surface area contributed by atoms with Gasteiger partial charge in [0.1, 0.15) is 0 Å². The van der Waals surface area contributed by atoms with E-state index >= 15 is 0 Å². The molecule has 0 spiro atoms. The van der Waals surface area contributed by atoms with Crippen molar-refractivity contribution in [2.75, 3.05) is 26.2 Å². The molecule has 1 aromatic rings.